The van der Waals surface area contributed by atoms with E-state index in [2.05, 4.69) is 5.32 Å². The van der Waals surface area contributed by atoms with Gasteiger partial charge in [-0.3, -0.25) is 4.79 Å². The van der Waals surface area contributed by atoms with Gasteiger partial charge in [0.2, 0.25) is 10.0 Å². The molecule has 0 aromatic heterocycles. The van der Waals surface area contributed by atoms with Crippen LogP contribution in [0.2, 0.25) is 0 Å². The third-order valence-electron chi connectivity index (χ3n) is 3.92. The fraction of sp³-hybridized carbons (Fsp3) is 0.200. The monoisotopic (exact) mass is 402 g/mol. The van der Waals surface area contributed by atoms with Gasteiger partial charge in [0.25, 0.3) is 5.91 Å². The van der Waals surface area contributed by atoms with Crippen molar-refractivity contribution in [3.8, 4) is 0 Å². The Morgan fingerprint density at radius 1 is 1.11 bits per heavy atom. The summed E-state index contributed by atoms with van der Waals surface area (Å²) >= 11 is 0. The molecule has 8 heteroatoms. The summed E-state index contributed by atoms with van der Waals surface area (Å²) in [6.07, 6.45) is 2.86. The highest BCUT2D eigenvalue weighted by Crippen LogP contribution is 2.15. The first-order valence-corrected chi connectivity index (χ1v) is 10.0. The van der Waals surface area contributed by atoms with Crippen LogP contribution in [0.15, 0.2) is 59.5 Å². The third kappa shape index (κ3) is 6.64. The molecule has 0 saturated carbocycles. The first-order chi connectivity index (χ1) is 13.1. The van der Waals surface area contributed by atoms with Gasteiger partial charge in [-0.15, -0.1) is 0 Å². The fourth-order valence-electron chi connectivity index (χ4n) is 2.34. The van der Waals surface area contributed by atoms with E-state index >= 15 is 0 Å². The van der Waals surface area contributed by atoms with Crippen molar-refractivity contribution in [1.82, 2.24) is 5.32 Å². The van der Waals surface area contributed by atoms with Crippen LogP contribution >= 0.6 is 0 Å². The Kier molecular flexibility index (Phi) is 7.08. The average Bonchev–Trinajstić information content (AvgIpc) is 2.65. The highest BCUT2D eigenvalue weighted by atomic mass is 32.2. The maximum absolute atomic E-state index is 11.9. The molecule has 0 heterocycles. The molecule has 0 bridgehead atoms. The van der Waals surface area contributed by atoms with Gasteiger partial charge in [-0.2, -0.15) is 0 Å². The molecule has 2 rings (SSSR count). The van der Waals surface area contributed by atoms with E-state index in [0.29, 0.717) is 5.56 Å². The Bertz CT molecular complexity index is 965. The molecule has 0 spiro atoms. The van der Waals surface area contributed by atoms with Crippen molar-refractivity contribution < 1.29 is 22.7 Å². The van der Waals surface area contributed by atoms with E-state index in [-0.39, 0.29) is 4.90 Å². The molecule has 1 amide bonds. The maximum Gasteiger partial charge on any atom is 0.331 e. The topological polar surface area (TPSA) is 116 Å². The number of benzene rings is 2. The van der Waals surface area contributed by atoms with E-state index < -0.39 is 34.5 Å². The van der Waals surface area contributed by atoms with Gasteiger partial charge in [0.1, 0.15) is 0 Å². The molecule has 0 aliphatic carbocycles. The second-order valence-corrected chi connectivity index (χ2v) is 7.82. The van der Waals surface area contributed by atoms with Gasteiger partial charge in [0, 0.05) is 6.08 Å². The van der Waals surface area contributed by atoms with Gasteiger partial charge in [0.15, 0.2) is 6.61 Å². The normalized spacial score (nSPS) is 12.5. The van der Waals surface area contributed by atoms with E-state index in [1.165, 1.54) is 18.2 Å². The van der Waals surface area contributed by atoms with Crippen LogP contribution in [0.25, 0.3) is 6.08 Å². The second kappa shape index (κ2) is 9.29. The predicted octanol–water partition coefficient (Wildman–Crippen LogP) is 2.08. The molecule has 2 aromatic carbocycles. The first kappa shape index (κ1) is 21.3. The van der Waals surface area contributed by atoms with E-state index in [1.807, 2.05) is 31.2 Å². The summed E-state index contributed by atoms with van der Waals surface area (Å²) in [7, 11) is -3.77. The largest absolute Gasteiger partial charge is 0.452 e. The van der Waals surface area contributed by atoms with Crippen molar-refractivity contribution in [3.05, 3.63) is 71.3 Å². The molecule has 0 aliphatic rings. The Morgan fingerprint density at radius 3 is 2.29 bits per heavy atom. The molecule has 7 nitrogen and oxygen atoms in total. The van der Waals surface area contributed by atoms with Crippen LogP contribution in [0.4, 0.5) is 0 Å². The summed E-state index contributed by atoms with van der Waals surface area (Å²) < 4.78 is 27.4. The zero-order valence-corrected chi connectivity index (χ0v) is 16.4. The summed E-state index contributed by atoms with van der Waals surface area (Å²) in [6, 6.07) is 13.0. The van der Waals surface area contributed by atoms with Gasteiger partial charge >= 0.3 is 5.97 Å². The van der Waals surface area contributed by atoms with Crippen LogP contribution < -0.4 is 10.5 Å². The van der Waals surface area contributed by atoms with E-state index in [1.54, 1.807) is 25.1 Å². The smallest absolute Gasteiger partial charge is 0.331 e. The van der Waals surface area contributed by atoms with Crippen molar-refractivity contribution in [2.24, 2.45) is 5.14 Å². The number of nitrogens with two attached hydrogens (primary N) is 1. The lowest BCUT2D eigenvalue weighted by atomic mass is 10.1. The first-order valence-electron chi connectivity index (χ1n) is 8.49. The van der Waals surface area contributed by atoms with Gasteiger partial charge in [0.05, 0.1) is 10.9 Å². The number of amides is 1. The summed E-state index contributed by atoms with van der Waals surface area (Å²) in [5.74, 6) is -1.10. The standard InChI is InChI=1S/C20H22N2O5S/c1-14-3-5-16(6-4-14)7-12-20(24)27-13-19(23)22-15(2)17-8-10-18(11-9-17)28(21,25)26/h3-12,15H,13H2,1-2H3,(H,22,23)(H2,21,25,26)/b12-7+/t15-/m0/s1. The minimum absolute atomic E-state index is 0.0101. The molecule has 2 aromatic rings. The quantitative estimate of drug-likeness (QED) is 0.543. The minimum Gasteiger partial charge on any atom is -0.452 e. The summed E-state index contributed by atoms with van der Waals surface area (Å²) in [4.78, 5) is 23.6. The van der Waals surface area contributed by atoms with Gasteiger partial charge in [-0.25, -0.2) is 18.4 Å². The number of nitrogens with one attached hydrogen (secondary N) is 1. The number of carbonyl (C=O) groups is 2. The molecule has 0 radical (unpaired) electrons. The zero-order chi connectivity index (χ0) is 20.7. The summed E-state index contributed by atoms with van der Waals surface area (Å²) in [5.41, 5.74) is 2.65. The molecule has 0 fully saturated rings. The van der Waals surface area contributed by atoms with Crippen molar-refractivity contribution in [2.45, 2.75) is 24.8 Å². The van der Waals surface area contributed by atoms with E-state index in [0.717, 1.165) is 11.1 Å². The predicted molar refractivity (Wildman–Crippen MR) is 106 cm³/mol. The molecular formula is C20H22N2O5S. The van der Waals surface area contributed by atoms with E-state index in [9.17, 15) is 18.0 Å². The van der Waals surface area contributed by atoms with Gasteiger partial charge in [-0.1, -0.05) is 42.0 Å². The lowest BCUT2D eigenvalue weighted by Crippen LogP contribution is -2.30. The second-order valence-electron chi connectivity index (χ2n) is 6.25. The number of carbonyl (C=O) groups excluding carboxylic acids is 2. The molecule has 0 aliphatic heterocycles. The molecule has 28 heavy (non-hydrogen) atoms. The average molecular weight is 402 g/mol. The molecule has 0 saturated heterocycles. The zero-order valence-electron chi connectivity index (χ0n) is 15.6. The summed E-state index contributed by atoms with van der Waals surface area (Å²) in [6.45, 7) is 3.27. The van der Waals surface area contributed by atoms with Crippen LogP contribution in [0, 0.1) is 6.92 Å². The number of hydrogen-bond donors (Lipinski definition) is 2. The highest BCUT2D eigenvalue weighted by Gasteiger charge is 2.13. The highest BCUT2D eigenvalue weighted by molar-refractivity contribution is 7.89. The SMILES string of the molecule is Cc1ccc(/C=C/C(=O)OCC(=O)N[C@@H](C)c2ccc(S(N)(=O)=O)cc2)cc1. The Balaban J connectivity index is 1.82. The van der Waals surface area contributed by atoms with Crippen LogP contribution in [-0.4, -0.2) is 26.9 Å². The van der Waals surface area contributed by atoms with Crippen LogP contribution in [0.3, 0.4) is 0 Å². The number of hydrogen-bond acceptors (Lipinski definition) is 5. The van der Waals surface area contributed by atoms with Gasteiger partial charge < -0.3 is 10.1 Å². The van der Waals surface area contributed by atoms with Crippen molar-refractivity contribution in [1.29, 1.82) is 0 Å². The number of aryl methyl sites for hydroxylation is 1. The van der Waals surface area contributed by atoms with Crippen LogP contribution in [-0.2, 0) is 24.3 Å². The van der Waals surface area contributed by atoms with Crippen LogP contribution in [0.5, 0.6) is 0 Å². The lowest BCUT2D eigenvalue weighted by Gasteiger charge is -2.14. The van der Waals surface area contributed by atoms with Gasteiger partial charge in [-0.05, 0) is 43.2 Å². The summed E-state index contributed by atoms with van der Waals surface area (Å²) in [5, 5.41) is 7.72. The number of ether oxygens (including phenoxy) is 1. The fourth-order valence-corrected chi connectivity index (χ4v) is 2.85. The van der Waals surface area contributed by atoms with E-state index in [4.69, 9.17) is 9.88 Å². The number of sulfonamides is 1. The van der Waals surface area contributed by atoms with Crippen LogP contribution in [0.1, 0.15) is 29.7 Å². The minimum atomic E-state index is -3.77. The maximum atomic E-state index is 11.9. The third-order valence-corrected chi connectivity index (χ3v) is 4.85. The Labute approximate surface area is 164 Å². The molecular weight excluding hydrogens is 380 g/mol. The Morgan fingerprint density at radius 2 is 1.71 bits per heavy atom. The number of primary sulfonamides is 1. The molecule has 3 N–H and O–H groups in total. The number of rotatable bonds is 7. The lowest BCUT2D eigenvalue weighted by molar-refractivity contribution is -0.144. The molecule has 0 unspecified atom stereocenters. The Hall–Kier alpha value is -2.97. The number of esters is 1. The van der Waals surface area contributed by atoms with Crippen molar-refractivity contribution in [3.63, 3.8) is 0 Å². The van der Waals surface area contributed by atoms with Crippen molar-refractivity contribution >= 4 is 28.0 Å². The van der Waals surface area contributed by atoms with Crippen molar-refractivity contribution in [2.75, 3.05) is 6.61 Å². The molecule has 1 atom stereocenters. The molecule has 148 valence electrons.